The Labute approximate surface area is 85.6 Å². The standard InChI is InChI=1S/C9H15BrF2O/c1-7(2)4-3-5-8(13,6-7)9(10,11)12/h13H,3-6H2,1-2H3. The number of alkyl halides is 3. The summed E-state index contributed by atoms with van der Waals surface area (Å²) in [5, 5.41) is 9.75. The predicted octanol–water partition coefficient (Wildman–Crippen LogP) is 3.31. The third-order valence-corrected chi connectivity index (χ3v) is 3.48. The summed E-state index contributed by atoms with van der Waals surface area (Å²) in [6.07, 6.45) is 1.88. The van der Waals surface area contributed by atoms with Crippen LogP contribution in [0.15, 0.2) is 0 Å². The average molecular weight is 257 g/mol. The molecular formula is C9H15BrF2O. The Morgan fingerprint density at radius 3 is 2.15 bits per heavy atom. The summed E-state index contributed by atoms with van der Waals surface area (Å²) in [6, 6.07) is 0. The van der Waals surface area contributed by atoms with E-state index in [0.717, 1.165) is 6.42 Å². The van der Waals surface area contributed by atoms with Gasteiger partial charge in [-0.1, -0.05) is 13.8 Å². The third-order valence-electron chi connectivity index (χ3n) is 2.74. The molecule has 0 spiro atoms. The molecule has 1 rings (SSSR count). The fraction of sp³-hybridized carbons (Fsp3) is 1.00. The van der Waals surface area contributed by atoms with Gasteiger partial charge in [0.1, 0.15) is 5.60 Å². The second-order valence-electron chi connectivity index (χ2n) is 4.72. The van der Waals surface area contributed by atoms with Crippen molar-refractivity contribution in [2.75, 3.05) is 0 Å². The monoisotopic (exact) mass is 256 g/mol. The van der Waals surface area contributed by atoms with Crippen LogP contribution in [0.2, 0.25) is 0 Å². The fourth-order valence-corrected chi connectivity index (χ4v) is 2.41. The van der Waals surface area contributed by atoms with Crippen molar-refractivity contribution in [1.29, 1.82) is 0 Å². The zero-order chi connectivity index (χ0) is 10.3. The van der Waals surface area contributed by atoms with Gasteiger partial charge in [0.25, 0.3) is 0 Å². The van der Waals surface area contributed by atoms with E-state index in [9.17, 15) is 13.9 Å². The van der Waals surface area contributed by atoms with Gasteiger partial charge in [0.15, 0.2) is 0 Å². The Bertz CT molecular complexity index is 200. The van der Waals surface area contributed by atoms with Crippen LogP contribution in [0.25, 0.3) is 0 Å². The summed E-state index contributed by atoms with van der Waals surface area (Å²) in [5.74, 6) is 0. The molecule has 78 valence electrons. The van der Waals surface area contributed by atoms with Crippen molar-refractivity contribution in [2.45, 2.75) is 50.0 Å². The molecule has 0 aliphatic heterocycles. The lowest BCUT2D eigenvalue weighted by Gasteiger charge is -2.43. The van der Waals surface area contributed by atoms with Gasteiger partial charge in [-0.2, -0.15) is 8.78 Å². The van der Waals surface area contributed by atoms with Gasteiger partial charge in [-0.3, -0.25) is 0 Å². The van der Waals surface area contributed by atoms with Crippen LogP contribution in [0.4, 0.5) is 8.78 Å². The van der Waals surface area contributed by atoms with Crippen LogP contribution in [0.1, 0.15) is 39.5 Å². The Morgan fingerprint density at radius 2 is 1.85 bits per heavy atom. The van der Waals surface area contributed by atoms with Gasteiger partial charge in [0.2, 0.25) is 0 Å². The molecule has 1 aliphatic rings. The van der Waals surface area contributed by atoms with Crippen LogP contribution in [0.5, 0.6) is 0 Å². The van der Waals surface area contributed by atoms with Gasteiger partial charge < -0.3 is 5.11 Å². The molecule has 0 aromatic carbocycles. The van der Waals surface area contributed by atoms with Gasteiger partial charge in [-0.25, -0.2) is 0 Å². The highest BCUT2D eigenvalue weighted by molar-refractivity contribution is 9.10. The topological polar surface area (TPSA) is 20.2 Å². The van der Waals surface area contributed by atoms with Gasteiger partial charge >= 0.3 is 4.83 Å². The molecule has 0 radical (unpaired) electrons. The third kappa shape index (κ3) is 2.40. The molecule has 0 heterocycles. The van der Waals surface area contributed by atoms with Crippen LogP contribution in [0, 0.1) is 5.41 Å². The summed E-state index contributed by atoms with van der Waals surface area (Å²) in [5.41, 5.74) is -2.06. The van der Waals surface area contributed by atoms with Crippen molar-refractivity contribution in [3.8, 4) is 0 Å². The number of hydrogen-bond donors (Lipinski definition) is 1. The molecule has 0 amide bonds. The Balaban J connectivity index is 2.81. The van der Waals surface area contributed by atoms with Gasteiger partial charge in [-0.15, -0.1) is 0 Å². The van der Waals surface area contributed by atoms with E-state index >= 15 is 0 Å². The summed E-state index contributed by atoms with van der Waals surface area (Å²) in [4.78, 5) is -3.17. The Morgan fingerprint density at radius 1 is 1.31 bits per heavy atom. The second kappa shape index (κ2) is 3.16. The number of aliphatic hydroxyl groups is 1. The molecule has 0 bridgehead atoms. The maximum absolute atomic E-state index is 13.0. The van der Waals surface area contributed by atoms with Crippen molar-refractivity contribution in [2.24, 2.45) is 5.41 Å². The molecule has 1 atom stereocenters. The van der Waals surface area contributed by atoms with Crippen molar-refractivity contribution in [1.82, 2.24) is 0 Å². The first-order valence-corrected chi connectivity index (χ1v) is 5.25. The zero-order valence-electron chi connectivity index (χ0n) is 7.91. The minimum atomic E-state index is -3.17. The second-order valence-corrected chi connectivity index (χ2v) is 5.72. The largest absolute Gasteiger partial charge is 0.383 e. The van der Waals surface area contributed by atoms with Crippen LogP contribution < -0.4 is 0 Å². The summed E-state index contributed by atoms with van der Waals surface area (Å²) in [7, 11) is 0. The van der Waals surface area contributed by atoms with E-state index in [2.05, 4.69) is 15.9 Å². The van der Waals surface area contributed by atoms with E-state index in [4.69, 9.17) is 0 Å². The number of rotatable bonds is 1. The average Bonchev–Trinajstić information content (AvgIpc) is 1.80. The van der Waals surface area contributed by atoms with E-state index in [1.54, 1.807) is 0 Å². The molecule has 1 unspecified atom stereocenters. The zero-order valence-corrected chi connectivity index (χ0v) is 9.50. The molecule has 1 fully saturated rings. The first-order valence-electron chi connectivity index (χ1n) is 4.45. The summed E-state index contributed by atoms with van der Waals surface area (Å²) in [6.45, 7) is 3.83. The van der Waals surface area contributed by atoms with Crippen molar-refractivity contribution in [3.05, 3.63) is 0 Å². The Hall–Kier alpha value is 0.300. The van der Waals surface area contributed by atoms with Gasteiger partial charge in [0, 0.05) is 0 Å². The first kappa shape index (κ1) is 11.4. The van der Waals surface area contributed by atoms with E-state index in [1.807, 2.05) is 13.8 Å². The highest BCUT2D eigenvalue weighted by atomic mass is 79.9. The van der Waals surface area contributed by atoms with Gasteiger partial charge in [-0.05, 0) is 47.0 Å². The molecule has 13 heavy (non-hydrogen) atoms. The minimum absolute atomic E-state index is 0.151. The van der Waals surface area contributed by atoms with Crippen molar-refractivity contribution in [3.63, 3.8) is 0 Å². The summed E-state index contributed by atoms with van der Waals surface area (Å²) >= 11 is 2.26. The molecule has 1 nitrogen and oxygen atoms in total. The SMILES string of the molecule is CC1(C)CCCC(O)(C(F)(F)Br)C1. The minimum Gasteiger partial charge on any atom is -0.383 e. The molecule has 4 heteroatoms. The smallest absolute Gasteiger partial charge is 0.329 e. The lowest BCUT2D eigenvalue weighted by molar-refractivity contribution is -0.154. The molecule has 0 aromatic rings. The highest BCUT2D eigenvalue weighted by Crippen LogP contribution is 2.50. The van der Waals surface area contributed by atoms with E-state index < -0.39 is 10.4 Å². The summed E-state index contributed by atoms with van der Waals surface area (Å²) < 4.78 is 26.0. The van der Waals surface area contributed by atoms with E-state index in [0.29, 0.717) is 6.42 Å². The first-order chi connectivity index (χ1) is 5.66. The quantitative estimate of drug-likeness (QED) is 0.714. The van der Waals surface area contributed by atoms with E-state index in [-0.39, 0.29) is 18.3 Å². The van der Waals surface area contributed by atoms with Crippen LogP contribution in [-0.2, 0) is 0 Å². The highest BCUT2D eigenvalue weighted by Gasteiger charge is 2.54. The Kier molecular flexibility index (Phi) is 2.76. The molecule has 0 saturated heterocycles. The van der Waals surface area contributed by atoms with Crippen molar-refractivity contribution < 1.29 is 13.9 Å². The molecular weight excluding hydrogens is 242 g/mol. The van der Waals surface area contributed by atoms with Crippen molar-refractivity contribution >= 4 is 15.9 Å². The molecule has 1 N–H and O–H groups in total. The normalized spacial score (nSPS) is 34.6. The molecule has 0 aromatic heterocycles. The van der Waals surface area contributed by atoms with E-state index in [1.165, 1.54) is 0 Å². The van der Waals surface area contributed by atoms with Crippen LogP contribution >= 0.6 is 15.9 Å². The fourth-order valence-electron chi connectivity index (χ4n) is 2.07. The lowest BCUT2D eigenvalue weighted by atomic mass is 9.70. The number of halogens is 3. The maximum Gasteiger partial charge on any atom is 0.329 e. The number of hydrogen-bond acceptors (Lipinski definition) is 1. The molecule has 1 aliphatic carbocycles. The van der Waals surface area contributed by atoms with Gasteiger partial charge in [0.05, 0.1) is 0 Å². The lowest BCUT2D eigenvalue weighted by Crippen LogP contribution is -2.49. The van der Waals surface area contributed by atoms with Crippen LogP contribution in [-0.4, -0.2) is 15.5 Å². The van der Waals surface area contributed by atoms with Crippen LogP contribution in [0.3, 0.4) is 0 Å². The maximum atomic E-state index is 13.0. The molecule has 1 saturated carbocycles. The predicted molar refractivity (Wildman–Crippen MR) is 51.1 cm³/mol.